The molecule has 0 radical (unpaired) electrons. The van der Waals surface area contributed by atoms with Gasteiger partial charge in [0.2, 0.25) is 5.91 Å². The molecule has 1 atom stereocenters. The van der Waals surface area contributed by atoms with Crippen molar-refractivity contribution in [2.45, 2.75) is 36.7 Å². The first-order chi connectivity index (χ1) is 13.5. The normalized spacial score (nSPS) is 17.9. The average Bonchev–Trinajstić information content (AvgIpc) is 3.48. The van der Waals surface area contributed by atoms with Crippen LogP contribution in [0.2, 0.25) is 5.02 Å². The summed E-state index contributed by atoms with van der Waals surface area (Å²) in [5.74, 6) is 0.357. The van der Waals surface area contributed by atoms with Crippen LogP contribution in [0.3, 0.4) is 0 Å². The number of rotatable bonds is 6. The van der Waals surface area contributed by atoms with Crippen LogP contribution in [0, 0.1) is 0 Å². The van der Waals surface area contributed by atoms with Gasteiger partial charge in [-0.05, 0) is 54.1 Å². The van der Waals surface area contributed by atoms with Gasteiger partial charge in [-0.3, -0.25) is 4.79 Å². The Morgan fingerprint density at radius 3 is 2.54 bits per heavy atom. The lowest BCUT2D eigenvalue weighted by atomic mass is 9.78. The topological polar surface area (TPSA) is 62.5 Å². The van der Waals surface area contributed by atoms with Crippen LogP contribution in [-0.4, -0.2) is 17.6 Å². The first kappa shape index (κ1) is 19.2. The van der Waals surface area contributed by atoms with E-state index in [2.05, 4.69) is 5.32 Å². The summed E-state index contributed by atoms with van der Waals surface area (Å²) in [5.41, 5.74) is -0.999. The predicted octanol–water partition coefficient (Wildman–Crippen LogP) is 4.86. The molecule has 1 aromatic carbocycles. The molecule has 3 aromatic rings. The summed E-state index contributed by atoms with van der Waals surface area (Å²) in [6, 6.07) is 14.7. The summed E-state index contributed by atoms with van der Waals surface area (Å²) in [6.45, 7) is 0.0508. The van der Waals surface area contributed by atoms with Crippen molar-refractivity contribution in [1.29, 1.82) is 0 Å². The molecule has 1 fully saturated rings. The van der Waals surface area contributed by atoms with E-state index in [0.717, 1.165) is 36.1 Å². The second-order valence-corrected chi connectivity index (χ2v) is 8.68. The van der Waals surface area contributed by atoms with E-state index in [9.17, 15) is 9.90 Å². The van der Waals surface area contributed by atoms with E-state index in [1.807, 2.05) is 41.8 Å². The van der Waals surface area contributed by atoms with E-state index >= 15 is 0 Å². The zero-order valence-corrected chi connectivity index (χ0v) is 16.9. The van der Waals surface area contributed by atoms with Crippen LogP contribution in [0.4, 0.5) is 0 Å². The van der Waals surface area contributed by atoms with Gasteiger partial charge in [0.05, 0.1) is 18.2 Å². The second-order valence-electron chi connectivity index (χ2n) is 7.29. The average molecular weight is 416 g/mol. The minimum Gasteiger partial charge on any atom is -0.466 e. The lowest BCUT2D eigenvalue weighted by Gasteiger charge is -2.31. The van der Waals surface area contributed by atoms with Gasteiger partial charge in [-0.2, -0.15) is 0 Å². The largest absolute Gasteiger partial charge is 0.466 e. The van der Waals surface area contributed by atoms with Crippen molar-refractivity contribution in [2.75, 3.05) is 6.54 Å². The summed E-state index contributed by atoms with van der Waals surface area (Å²) in [4.78, 5) is 14.1. The minimum atomic E-state index is -1.40. The molecule has 0 spiro atoms. The highest BCUT2D eigenvalue weighted by Crippen LogP contribution is 2.42. The standard InChI is InChI=1S/C22H22ClNO3S/c23-17-9-7-16(8-10-17)21(11-1-2-12-21)20(25)24-15-22(26,18-5-3-13-27-18)19-6-4-14-28-19/h3-10,13-14,26H,1-2,11-12,15H2,(H,24,25)/t22-/m1/s1. The van der Waals surface area contributed by atoms with Crippen molar-refractivity contribution in [1.82, 2.24) is 5.32 Å². The van der Waals surface area contributed by atoms with Crippen molar-refractivity contribution in [3.63, 3.8) is 0 Å². The molecule has 2 N–H and O–H groups in total. The monoisotopic (exact) mass is 415 g/mol. The van der Waals surface area contributed by atoms with Gasteiger partial charge < -0.3 is 14.8 Å². The third kappa shape index (κ3) is 3.39. The molecule has 2 heterocycles. The molecule has 1 aliphatic rings. The third-order valence-corrected chi connectivity index (χ3v) is 6.92. The van der Waals surface area contributed by atoms with Gasteiger partial charge in [0, 0.05) is 9.90 Å². The summed E-state index contributed by atoms with van der Waals surface area (Å²) < 4.78 is 5.49. The molecule has 2 aromatic heterocycles. The van der Waals surface area contributed by atoms with Crippen LogP contribution >= 0.6 is 22.9 Å². The number of aliphatic hydroxyl groups is 1. The number of nitrogens with one attached hydrogen (secondary N) is 1. The van der Waals surface area contributed by atoms with Crippen LogP contribution < -0.4 is 5.32 Å². The molecule has 4 rings (SSSR count). The molecule has 28 heavy (non-hydrogen) atoms. The van der Waals surface area contributed by atoms with Gasteiger partial charge in [-0.15, -0.1) is 11.3 Å². The Morgan fingerprint density at radius 2 is 1.93 bits per heavy atom. The van der Waals surface area contributed by atoms with Crippen molar-refractivity contribution >= 4 is 28.8 Å². The number of carbonyl (C=O) groups excluding carboxylic acids is 1. The summed E-state index contributed by atoms with van der Waals surface area (Å²) in [6.07, 6.45) is 5.12. The van der Waals surface area contributed by atoms with E-state index in [0.29, 0.717) is 10.8 Å². The molecule has 0 aliphatic heterocycles. The van der Waals surface area contributed by atoms with E-state index in [4.69, 9.17) is 16.0 Å². The van der Waals surface area contributed by atoms with Gasteiger partial charge >= 0.3 is 0 Å². The first-order valence-electron chi connectivity index (χ1n) is 9.39. The fourth-order valence-electron chi connectivity index (χ4n) is 4.10. The highest BCUT2D eigenvalue weighted by atomic mass is 35.5. The smallest absolute Gasteiger partial charge is 0.230 e. The third-order valence-electron chi connectivity index (χ3n) is 5.65. The van der Waals surface area contributed by atoms with Gasteiger partial charge in [0.15, 0.2) is 5.60 Å². The summed E-state index contributed by atoms with van der Waals surface area (Å²) >= 11 is 7.47. The number of thiophene rings is 1. The Kier molecular flexibility index (Phi) is 5.32. The quantitative estimate of drug-likeness (QED) is 0.604. The lowest BCUT2D eigenvalue weighted by molar-refractivity contribution is -0.127. The Hall–Kier alpha value is -2.08. The Bertz CT molecular complexity index is 879. The molecule has 0 unspecified atom stereocenters. The lowest BCUT2D eigenvalue weighted by Crippen LogP contribution is -2.48. The van der Waals surface area contributed by atoms with E-state index in [1.54, 1.807) is 12.1 Å². The first-order valence-corrected chi connectivity index (χ1v) is 10.7. The number of furan rings is 1. The van der Waals surface area contributed by atoms with Gasteiger partial charge in [-0.1, -0.05) is 42.6 Å². The molecule has 6 heteroatoms. The van der Waals surface area contributed by atoms with E-state index in [1.165, 1.54) is 17.6 Å². The molecule has 1 amide bonds. The maximum Gasteiger partial charge on any atom is 0.230 e. The SMILES string of the molecule is O=C(NC[C@@](O)(c1ccco1)c1cccs1)C1(c2ccc(Cl)cc2)CCCC1. The Morgan fingerprint density at radius 1 is 1.18 bits per heavy atom. The fourth-order valence-corrected chi connectivity index (χ4v) is 5.05. The Balaban J connectivity index is 1.60. The molecule has 146 valence electrons. The highest BCUT2D eigenvalue weighted by molar-refractivity contribution is 7.10. The molecule has 1 aliphatic carbocycles. The van der Waals surface area contributed by atoms with Crippen LogP contribution in [0.15, 0.2) is 64.6 Å². The van der Waals surface area contributed by atoms with Crippen molar-refractivity contribution in [3.05, 3.63) is 81.4 Å². The van der Waals surface area contributed by atoms with Crippen molar-refractivity contribution in [2.24, 2.45) is 0 Å². The zero-order valence-electron chi connectivity index (χ0n) is 15.4. The maximum absolute atomic E-state index is 13.4. The predicted molar refractivity (Wildman–Crippen MR) is 111 cm³/mol. The Labute approximate surface area is 173 Å². The number of amides is 1. The van der Waals surface area contributed by atoms with Gasteiger partial charge in [-0.25, -0.2) is 0 Å². The molecular weight excluding hydrogens is 394 g/mol. The van der Waals surface area contributed by atoms with Crippen LogP contribution in [0.1, 0.15) is 41.9 Å². The van der Waals surface area contributed by atoms with Crippen LogP contribution in [0.5, 0.6) is 0 Å². The number of carbonyl (C=O) groups is 1. The van der Waals surface area contributed by atoms with Crippen molar-refractivity contribution < 1.29 is 14.3 Å². The minimum absolute atomic E-state index is 0.0508. The highest BCUT2D eigenvalue weighted by Gasteiger charge is 2.44. The van der Waals surface area contributed by atoms with E-state index in [-0.39, 0.29) is 12.5 Å². The summed E-state index contributed by atoms with van der Waals surface area (Å²) in [5, 5.41) is 17.0. The van der Waals surface area contributed by atoms with Gasteiger partial charge in [0.25, 0.3) is 0 Å². The summed E-state index contributed by atoms with van der Waals surface area (Å²) in [7, 11) is 0. The number of benzene rings is 1. The van der Waals surface area contributed by atoms with Crippen LogP contribution in [-0.2, 0) is 15.8 Å². The van der Waals surface area contributed by atoms with Crippen LogP contribution in [0.25, 0.3) is 0 Å². The molecule has 0 bridgehead atoms. The molecule has 0 saturated heterocycles. The van der Waals surface area contributed by atoms with Gasteiger partial charge in [0.1, 0.15) is 5.76 Å². The number of hydrogen-bond acceptors (Lipinski definition) is 4. The van der Waals surface area contributed by atoms with Crippen molar-refractivity contribution in [3.8, 4) is 0 Å². The fraction of sp³-hybridized carbons (Fsp3) is 0.318. The molecule has 1 saturated carbocycles. The second kappa shape index (κ2) is 7.74. The molecule has 4 nitrogen and oxygen atoms in total. The number of halogens is 1. The zero-order chi connectivity index (χ0) is 19.6. The van der Waals surface area contributed by atoms with E-state index < -0.39 is 11.0 Å². The number of hydrogen-bond donors (Lipinski definition) is 2. The maximum atomic E-state index is 13.4. The molecular formula is C22H22ClNO3S.